The van der Waals surface area contributed by atoms with Crippen molar-refractivity contribution in [3.8, 4) is 11.4 Å². The minimum atomic E-state index is -0.156. The first kappa shape index (κ1) is 16.6. The first-order valence-corrected chi connectivity index (χ1v) is 8.43. The van der Waals surface area contributed by atoms with Crippen molar-refractivity contribution in [2.75, 3.05) is 0 Å². The molecule has 1 amide bonds. The first-order chi connectivity index (χ1) is 13.2. The van der Waals surface area contributed by atoms with Crippen LogP contribution in [0.3, 0.4) is 0 Å². The predicted octanol–water partition coefficient (Wildman–Crippen LogP) is 2.34. The van der Waals surface area contributed by atoms with Gasteiger partial charge in [-0.1, -0.05) is 18.2 Å². The van der Waals surface area contributed by atoms with E-state index < -0.39 is 0 Å². The minimum Gasteiger partial charge on any atom is -0.346 e. The van der Waals surface area contributed by atoms with E-state index in [0.717, 1.165) is 16.9 Å². The molecule has 27 heavy (non-hydrogen) atoms. The standard InChI is InChI=1S/C19H17N7O/c1-14(15-5-7-17(8-6-15)25-10-9-20-12-25)22-19(27)16-3-2-4-18(11-16)26-13-21-23-24-26/h2-14H,1H3,(H,22,27)/t14-/m1/s1. The summed E-state index contributed by atoms with van der Waals surface area (Å²) in [4.78, 5) is 16.7. The van der Waals surface area contributed by atoms with Crippen LogP contribution >= 0.6 is 0 Å². The van der Waals surface area contributed by atoms with E-state index in [1.807, 2.05) is 48.0 Å². The third-order valence-electron chi connectivity index (χ3n) is 4.27. The number of imidazole rings is 1. The molecule has 0 fully saturated rings. The molecule has 4 aromatic rings. The van der Waals surface area contributed by atoms with E-state index in [9.17, 15) is 4.79 Å². The van der Waals surface area contributed by atoms with E-state index in [2.05, 4.69) is 25.8 Å². The quantitative estimate of drug-likeness (QED) is 0.591. The van der Waals surface area contributed by atoms with Crippen molar-refractivity contribution in [1.29, 1.82) is 0 Å². The van der Waals surface area contributed by atoms with Gasteiger partial charge in [0.2, 0.25) is 0 Å². The third-order valence-corrected chi connectivity index (χ3v) is 4.27. The Morgan fingerprint density at radius 1 is 1.07 bits per heavy atom. The molecule has 2 heterocycles. The van der Waals surface area contributed by atoms with Gasteiger partial charge in [0.25, 0.3) is 5.91 Å². The fraction of sp³-hybridized carbons (Fsp3) is 0.105. The summed E-state index contributed by atoms with van der Waals surface area (Å²) in [5.74, 6) is -0.156. The number of benzene rings is 2. The highest BCUT2D eigenvalue weighted by molar-refractivity contribution is 5.95. The van der Waals surface area contributed by atoms with Crippen molar-refractivity contribution in [3.05, 3.63) is 84.7 Å². The predicted molar refractivity (Wildman–Crippen MR) is 98.6 cm³/mol. The molecule has 0 radical (unpaired) electrons. The molecule has 0 aliphatic rings. The first-order valence-electron chi connectivity index (χ1n) is 8.43. The summed E-state index contributed by atoms with van der Waals surface area (Å²) in [5, 5.41) is 14.1. The van der Waals surface area contributed by atoms with Crippen LogP contribution in [0.5, 0.6) is 0 Å². The molecule has 4 rings (SSSR count). The Bertz CT molecular complexity index is 1020. The zero-order valence-electron chi connectivity index (χ0n) is 14.6. The number of amides is 1. The molecular weight excluding hydrogens is 342 g/mol. The number of nitrogens with one attached hydrogen (secondary N) is 1. The lowest BCUT2D eigenvalue weighted by atomic mass is 10.1. The van der Waals surface area contributed by atoms with Crippen molar-refractivity contribution < 1.29 is 4.79 Å². The van der Waals surface area contributed by atoms with Crippen LogP contribution in [-0.2, 0) is 0 Å². The van der Waals surface area contributed by atoms with Crippen LogP contribution in [0.4, 0.5) is 0 Å². The lowest BCUT2D eigenvalue weighted by molar-refractivity contribution is 0.0940. The lowest BCUT2D eigenvalue weighted by Gasteiger charge is -2.15. The summed E-state index contributed by atoms with van der Waals surface area (Å²) in [5.41, 5.74) is 3.31. The van der Waals surface area contributed by atoms with Gasteiger partial charge in [0, 0.05) is 23.6 Å². The average Bonchev–Trinajstić information content (AvgIpc) is 3.42. The van der Waals surface area contributed by atoms with Gasteiger partial charge < -0.3 is 9.88 Å². The largest absolute Gasteiger partial charge is 0.346 e. The van der Waals surface area contributed by atoms with Gasteiger partial charge in [0.15, 0.2) is 0 Å². The average molecular weight is 359 g/mol. The van der Waals surface area contributed by atoms with Crippen molar-refractivity contribution >= 4 is 5.91 Å². The molecule has 8 heteroatoms. The highest BCUT2D eigenvalue weighted by atomic mass is 16.1. The number of nitrogens with zero attached hydrogens (tertiary/aromatic N) is 6. The number of rotatable bonds is 5. The molecule has 0 saturated carbocycles. The molecule has 0 aliphatic carbocycles. The lowest BCUT2D eigenvalue weighted by Crippen LogP contribution is -2.26. The van der Waals surface area contributed by atoms with Crippen LogP contribution in [-0.4, -0.2) is 35.7 Å². The molecule has 2 aromatic heterocycles. The van der Waals surface area contributed by atoms with Crippen LogP contribution in [0, 0.1) is 0 Å². The van der Waals surface area contributed by atoms with Gasteiger partial charge in [-0.05, 0) is 53.2 Å². The Balaban J connectivity index is 1.47. The third kappa shape index (κ3) is 3.59. The second kappa shape index (κ2) is 7.20. The maximum Gasteiger partial charge on any atom is 0.251 e. The molecular formula is C19H17N7O. The monoisotopic (exact) mass is 359 g/mol. The summed E-state index contributed by atoms with van der Waals surface area (Å²) >= 11 is 0. The zero-order chi connectivity index (χ0) is 18.6. The highest BCUT2D eigenvalue weighted by Gasteiger charge is 2.12. The van der Waals surface area contributed by atoms with E-state index in [1.165, 1.54) is 11.0 Å². The van der Waals surface area contributed by atoms with Crippen molar-refractivity contribution in [3.63, 3.8) is 0 Å². The fourth-order valence-corrected chi connectivity index (χ4v) is 2.78. The molecule has 0 bridgehead atoms. The van der Waals surface area contributed by atoms with Crippen molar-refractivity contribution in [1.82, 2.24) is 35.1 Å². The van der Waals surface area contributed by atoms with Crippen LogP contribution in [0.15, 0.2) is 73.6 Å². The van der Waals surface area contributed by atoms with E-state index in [0.29, 0.717) is 5.56 Å². The molecule has 0 saturated heterocycles. The normalized spacial score (nSPS) is 11.9. The number of hydrogen-bond donors (Lipinski definition) is 1. The summed E-state index contributed by atoms with van der Waals surface area (Å²) in [6.45, 7) is 1.95. The fourth-order valence-electron chi connectivity index (χ4n) is 2.78. The van der Waals surface area contributed by atoms with E-state index in [1.54, 1.807) is 30.7 Å². The summed E-state index contributed by atoms with van der Waals surface area (Å²) in [6.07, 6.45) is 6.86. The van der Waals surface area contributed by atoms with E-state index in [4.69, 9.17) is 0 Å². The number of tetrazole rings is 1. The van der Waals surface area contributed by atoms with Crippen LogP contribution in [0.1, 0.15) is 28.9 Å². The second-order valence-electron chi connectivity index (χ2n) is 6.06. The number of aromatic nitrogens is 6. The van der Waals surface area contributed by atoms with Gasteiger partial charge in [-0.25, -0.2) is 9.67 Å². The highest BCUT2D eigenvalue weighted by Crippen LogP contribution is 2.17. The molecule has 2 aromatic carbocycles. The van der Waals surface area contributed by atoms with Gasteiger partial charge in [0.1, 0.15) is 6.33 Å². The van der Waals surface area contributed by atoms with Crippen LogP contribution in [0.2, 0.25) is 0 Å². The molecule has 8 nitrogen and oxygen atoms in total. The molecule has 1 atom stereocenters. The van der Waals surface area contributed by atoms with Gasteiger partial charge in [0.05, 0.1) is 18.1 Å². The van der Waals surface area contributed by atoms with Gasteiger partial charge in [-0.15, -0.1) is 5.10 Å². The topological polar surface area (TPSA) is 90.5 Å². The van der Waals surface area contributed by atoms with Crippen LogP contribution < -0.4 is 5.32 Å². The number of carbonyl (C=O) groups is 1. The van der Waals surface area contributed by atoms with E-state index in [-0.39, 0.29) is 11.9 Å². The van der Waals surface area contributed by atoms with Crippen molar-refractivity contribution in [2.45, 2.75) is 13.0 Å². The Morgan fingerprint density at radius 2 is 1.93 bits per heavy atom. The Hall–Kier alpha value is -3.81. The van der Waals surface area contributed by atoms with Gasteiger partial charge >= 0.3 is 0 Å². The second-order valence-corrected chi connectivity index (χ2v) is 6.06. The summed E-state index contributed by atoms with van der Waals surface area (Å²) < 4.78 is 3.44. The van der Waals surface area contributed by atoms with Gasteiger partial charge in [-0.2, -0.15) is 0 Å². The SMILES string of the molecule is C[C@@H](NC(=O)c1cccc(-n2cnnn2)c1)c1ccc(-n2ccnc2)cc1. The summed E-state index contributed by atoms with van der Waals surface area (Å²) in [7, 11) is 0. The zero-order valence-corrected chi connectivity index (χ0v) is 14.6. The molecule has 0 spiro atoms. The smallest absolute Gasteiger partial charge is 0.251 e. The Labute approximate surface area is 155 Å². The maximum absolute atomic E-state index is 12.6. The molecule has 0 aliphatic heterocycles. The molecule has 1 N–H and O–H groups in total. The van der Waals surface area contributed by atoms with Crippen molar-refractivity contribution in [2.24, 2.45) is 0 Å². The van der Waals surface area contributed by atoms with E-state index >= 15 is 0 Å². The number of carbonyl (C=O) groups excluding carboxylic acids is 1. The Kier molecular flexibility index (Phi) is 4.44. The number of hydrogen-bond acceptors (Lipinski definition) is 5. The minimum absolute atomic E-state index is 0.133. The molecule has 134 valence electrons. The Morgan fingerprint density at radius 3 is 2.63 bits per heavy atom. The molecule has 0 unspecified atom stereocenters. The van der Waals surface area contributed by atoms with Crippen LogP contribution in [0.25, 0.3) is 11.4 Å². The maximum atomic E-state index is 12.6. The van der Waals surface area contributed by atoms with Gasteiger partial charge in [-0.3, -0.25) is 4.79 Å². The summed E-state index contributed by atoms with van der Waals surface area (Å²) in [6, 6.07) is 15.0.